The first-order valence-electron chi connectivity index (χ1n) is 11.1. The van der Waals surface area contributed by atoms with Crippen LogP contribution < -0.4 is 20.5 Å². The predicted octanol–water partition coefficient (Wildman–Crippen LogP) is 2.72. The third-order valence-electron chi connectivity index (χ3n) is 5.47. The van der Waals surface area contributed by atoms with Crippen LogP contribution in [0.1, 0.15) is 21.5 Å². The lowest BCUT2D eigenvalue weighted by atomic mass is 10.00. The zero-order valence-corrected chi connectivity index (χ0v) is 22.7. The number of primary sulfonamides is 1. The van der Waals surface area contributed by atoms with Crippen LogP contribution in [0.3, 0.4) is 0 Å². The highest BCUT2D eigenvalue weighted by Crippen LogP contribution is 2.22. The molecule has 3 aromatic carbocycles. The molecule has 0 saturated carbocycles. The van der Waals surface area contributed by atoms with Crippen molar-refractivity contribution < 1.29 is 31.8 Å². The van der Waals surface area contributed by atoms with E-state index in [4.69, 9.17) is 9.88 Å². The van der Waals surface area contributed by atoms with E-state index in [9.17, 15) is 27.1 Å². The average Bonchev–Trinajstić information content (AvgIpc) is 2.82. The maximum Gasteiger partial charge on any atom is 0.255 e. The molecule has 0 spiro atoms. The first-order chi connectivity index (χ1) is 17.5. The molecule has 0 aliphatic rings. The van der Waals surface area contributed by atoms with Gasteiger partial charge in [0.1, 0.15) is 17.4 Å². The van der Waals surface area contributed by atoms with Crippen molar-refractivity contribution in [3.05, 3.63) is 92.6 Å². The molecule has 2 unspecified atom stereocenters. The molecule has 1 amide bonds. The van der Waals surface area contributed by atoms with Gasteiger partial charge in [0.05, 0.1) is 29.7 Å². The van der Waals surface area contributed by atoms with Crippen LogP contribution in [-0.2, 0) is 23.0 Å². The van der Waals surface area contributed by atoms with Crippen LogP contribution in [-0.4, -0.2) is 45.2 Å². The van der Waals surface area contributed by atoms with Crippen LogP contribution in [0, 0.1) is 15.2 Å². The zero-order chi connectivity index (χ0) is 27.2. The van der Waals surface area contributed by atoms with Gasteiger partial charge in [-0.15, -0.1) is 0 Å². The summed E-state index contributed by atoms with van der Waals surface area (Å²) in [4.78, 5) is 12.9. The number of carbonyl (C=O) groups is 1. The van der Waals surface area contributed by atoms with Crippen molar-refractivity contribution in [2.24, 2.45) is 5.14 Å². The maximum atomic E-state index is 13.8. The van der Waals surface area contributed by atoms with Crippen LogP contribution in [0.2, 0.25) is 0 Å². The average molecular weight is 645 g/mol. The first-order valence-corrected chi connectivity index (χ1v) is 13.7. The number of halogens is 3. The molecule has 198 valence electrons. The Bertz CT molecular complexity index is 1350. The minimum atomic E-state index is -4.11. The van der Waals surface area contributed by atoms with E-state index in [-0.39, 0.29) is 34.7 Å². The summed E-state index contributed by atoms with van der Waals surface area (Å²) in [6.45, 7) is 0.482. The molecule has 0 radical (unpaired) electrons. The van der Waals surface area contributed by atoms with E-state index in [1.165, 1.54) is 19.2 Å². The van der Waals surface area contributed by atoms with E-state index in [0.29, 0.717) is 6.54 Å². The fourth-order valence-electron chi connectivity index (χ4n) is 3.71. The molecule has 3 rings (SSSR count). The molecule has 5 N–H and O–H groups in total. The number of aliphatic hydroxyl groups excluding tert-OH is 1. The minimum absolute atomic E-state index is 0.0442. The highest BCUT2D eigenvalue weighted by Gasteiger charge is 2.25. The number of hydrogen-bond acceptors (Lipinski definition) is 6. The molecule has 37 heavy (non-hydrogen) atoms. The van der Waals surface area contributed by atoms with Crippen molar-refractivity contribution in [1.82, 2.24) is 10.6 Å². The van der Waals surface area contributed by atoms with Gasteiger partial charge in [-0.1, -0.05) is 12.1 Å². The number of amides is 1. The molecule has 0 aromatic heterocycles. The van der Waals surface area contributed by atoms with Gasteiger partial charge in [-0.05, 0) is 82.6 Å². The van der Waals surface area contributed by atoms with E-state index in [1.807, 2.05) is 24.3 Å². The Morgan fingerprint density at radius 2 is 1.78 bits per heavy atom. The van der Waals surface area contributed by atoms with Crippen molar-refractivity contribution in [3.8, 4) is 5.75 Å². The molecule has 8 nitrogen and oxygen atoms in total. The van der Waals surface area contributed by atoms with E-state index >= 15 is 0 Å². The highest BCUT2D eigenvalue weighted by molar-refractivity contribution is 14.1. The van der Waals surface area contributed by atoms with E-state index in [0.717, 1.165) is 33.4 Å². The number of methoxy groups -OCH3 is 1. The summed E-state index contributed by atoms with van der Waals surface area (Å²) in [5.74, 6) is -2.28. The number of sulfonamides is 1. The Morgan fingerprint density at radius 1 is 1.08 bits per heavy atom. The lowest BCUT2D eigenvalue weighted by Gasteiger charge is -2.25. The second kappa shape index (κ2) is 12.7. The van der Waals surface area contributed by atoms with Crippen molar-refractivity contribution in [3.63, 3.8) is 0 Å². The topological polar surface area (TPSA) is 131 Å². The number of nitrogens with one attached hydrogen (secondary N) is 2. The fraction of sp³-hybridized carbons (Fsp3) is 0.240. The summed E-state index contributed by atoms with van der Waals surface area (Å²) in [5.41, 5.74) is 1.06. The molecule has 0 fully saturated rings. The molecule has 0 aliphatic carbocycles. The van der Waals surface area contributed by atoms with Crippen molar-refractivity contribution >= 4 is 38.5 Å². The number of ether oxygens (including phenoxy) is 1. The number of aliphatic hydroxyl groups is 1. The number of hydrogen-bond donors (Lipinski definition) is 4. The predicted molar refractivity (Wildman–Crippen MR) is 143 cm³/mol. The van der Waals surface area contributed by atoms with E-state index < -0.39 is 39.7 Å². The van der Waals surface area contributed by atoms with Crippen LogP contribution in [0.15, 0.2) is 65.6 Å². The van der Waals surface area contributed by atoms with Gasteiger partial charge >= 0.3 is 0 Å². The molecule has 0 bridgehead atoms. The van der Waals surface area contributed by atoms with Gasteiger partial charge in [-0.3, -0.25) is 4.79 Å². The van der Waals surface area contributed by atoms with Crippen LogP contribution in [0.25, 0.3) is 0 Å². The quantitative estimate of drug-likeness (QED) is 0.238. The SMILES string of the molecule is COc1ccc(S(N)(=O)=O)cc1C(=O)NC(Cc1cc(F)cc(F)c1)C(O)CNCc1cccc(I)c1. The monoisotopic (exact) mass is 645 g/mol. The second-order valence-electron chi connectivity index (χ2n) is 8.30. The first kappa shape index (κ1) is 28.9. The summed E-state index contributed by atoms with van der Waals surface area (Å²) >= 11 is 2.19. The van der Waals surface area contributed by atoms with Crippen LogP contribution >= 0.6 is 22.6 Å². The standard InChI is InChI=1S/C25H26F2IN3O5S/c1-36-24-6-5-20(37(29,34)35)12-21(24)25(33)31-22(10-16-7-17(26)11-18(27)8-16)23(32)14-30-13-15-3-2-4-19(28)9-15/h2-9,11-12,22-23,30,32H,10,13-14H2,1H3,(H,31,33)(H2,29,34,35). The lowest BCUT2D eigenvalue weighted by Crippen LogP contribution is -2.48. The Morgan fingerprint density at radius 3 is 2.41 bits per heavy atom. The summed E-state index contributed by atoms with van der Waals surface area (Å²) in [6, 6.07) is 13.2. The molecule has 12 heteroatoms. The largest absolute Gasteiger partial charge is 0.496 e. The molecule has 3 aromatic rings. The minimum Gasteiger partial charge on any atom is -0.496 e. The smallest absolute Gasteiger partial charge is 0.255 e. The molecular formula is C25H26F2IN3O5S. The lowest BCUT2D eigenvalue weighted by molar-refractivity contribution is 0.0827. The Labute approximate surface area is 227 Å². The number of benzene rings is 3. The zero-order valence-electron chi connectivity index (χ0n) is 19.7. The summed E-state index contributed by atoms with van der Waals surface area (Å²) in [5, 5.41) is 21.9. The van der Waals surface area contributed by atoms with Gasteiger partial charge in [0.15, 0.2) is 0 Å². The summed E-state index contributed by atoms with van der Waals surface area (Å²) < 4.78 is 57.4. The third-order valence-corrected chi connectivity index (χ3v) is 7.06. The van der Waals surface area contributed by atoms with Gasteiger partial charge in [0.2, 0.25) is 10.0 Å². The molecule has 0 heterocycles. The summed E-state index contributed by atoms with van der Waals surface area (Å²) in [6.07, 6.45) is -1.28. The molecule has 0 saturated heterocycles. The van der Waals surface area contributed by atoms with Crippen molar-refractivity contribution in [2.75, 3.05) is 13.7 Å². The Hall–Kier alpha value is -2.65. The Kier molecular flexibility index (Phi) is 9.95. The van der Waals surface area contributed by atoms with Gasteiger partial charge in [-0.2, -0.15) is 0 Å². The normalized spacial score (nSPS) is 13.1. The molecular weight excluding hydrogens is 619 g/mol. The highest BCUT2D eigenvalue weighted by atomic mass is 127. The summed E-state index contributed by atoms with van der Waals surface area (Å²) in [7, 11) is -2.80. The molecule has 0 aliphatic heterocycles. The Balaban J connectivity index is 1.83. The fourth-order valence-corrected chi connectivity index (χ4v) is 4.85. The number of nitrogens with two attached hydrogens (primary N) is 1. The van der Waals surface area contributed by atoms with Crippen molar-refractivity contribution in [1.29, 1.82) is 0 Å². The van der Waals surface area contributed by atoms with Gasteiger partial charge < -0.3 is 20.5 Å². The second-order valence-corrected chi connectivity index (χ2v) is 11.1. The van der Waals surface area contributed by atoms with Gasteiger partial charge in [0.25, 0.3) is 5.91 Å². The van der Waals surface area contributed by atoms with Gasteiger partial charge in [-0.25, -0.2) is 22.3 Å². The van der Waals surface area contributed by atoms with Crippen LogP contribution in [0.5, 0.6) is 5.75 Å². The van der Waals surface area contributed by atoms with Gasteiger partial charge in [0, 0.05) is 22.7 Å². The van der Waals surface area contributed by atoms with Crippen molar-refractivity contribution in [2.45, 2.75) is 30.0 Å². The van der Waals surface area contributed by atoms with E-state index in [1.54, 1.807) is 0 Å². The number of carbonyl (C=O) groups excluding carboxylic acids is 1. The third kappa shape index (κ3) is 8.43. The van der Waals surface area contributed by atoms with Crippen LogP contribution in [0.4, 0.5) is 8.78 Å². The number of rotatable bonds is 11. The molecule has 2 atom stereocenters. The van der Waals surface area contributed by atoms with E-state index in [2.05, 4.69) is 33.2 Å². The maximum absolute atomic E-state index is 13.8.